The first-order valence-electron chi connectivity index (χ1n) is 9.82. The number of benzene rings is 2. The summed E-state index contributed by atoms with van der Waals surface area (Å²) in [4.78, 5) is 30.0. The number of hydrogen-bond donors (Lipinski definition) is 3. The van der Waals surface area contributed by atoms with Gasteiger partial charge in [-0.2, -0.15) is 0 Å². The molecule has 1 unspecified atom stereocenters. The number of carbonyl (C=O) groups is 1. The number of nitrogens with one attached hydrogen (secondary N) is 2. The van der Waals surface area contributed by atoms with Gasteiger partial charge in [0, 0.05) is 5.69 Å². The lowest BCUT2D eigenvalue weighted by atomic mass is 10.0. The lowest BCUT2D eigenvalue weighted by Crippen LogP contribution is -2.12. The van der Waals surface area contributed by atoms with Gasteiger partial charge in [0.2, 0.25) is 0 Å². The lowest BCUT2D eigenvalue weighted by molar-refractivity contribution is 0.102. The highest BCUT2D eigenvalue weighted by Crippen LogP contribution is 2.35. The summed E-state index contributed by atoms with van der Waals surface area (Å²) in [5, 5.41) is 12.4. The van der Waals surface area contributed by atoms with Crippen molar-refractivity contribution in [1.29, 1.82) is 0 Å². The number of aryl methyl sites for hydroxylation is 2. The fourth-order valence-corrected chi connectivity index (χ4v) is 3.42. The summed E-state index contributed by atoms with van der Waals surface area (Å²) < 4.78 is 13.8. The number of aromatic amines is 1. The first kappa shape index (κ1) is 21.6. The molecule has 158 valence electrons. The normalized spacial score (nSPS) is 15.3. The summed E-state index contributed by atoms with van der Waals surface area (Å²) in [6.07, 6.45) is 2.21. The molecule has 1 aliphatic rings. The smallest absolute Gasteiger partial charge is 0.258 e. The van der Waals surface area contributed by atoms with E-state index in [-0.39, 0.29) is 17.2 Å². The lowest BCUT2D eigenvalue weighted by Gasteiger charge is -2.16. The van der Waals surface area contributed by atoms with Gasteiger partial charge in [0.15, 0.2) is 6.29 Å². The Hall–Kier alpha value is -3.06. The van der Waals surface area contributed by atoms with E-state index in [2.05, 4.69) is 15.3 Å². The van der Waals surface area contributed by atoms with Gasteiger partial charge >= 0.3 is 0 Å². The number of aromatic nitrogens is 2. The summed E-state index contributed by atoms with van der Waals surface area (Å²) >= 11 is 0. The van der Waals surface area contributed by atoms with Gasteiger partial charge in [-0.3, -0.25) is 9.59 Å². The van der Waals surface area contributed by atoms with Crippen molar-refractivity contribution in [2.75, 3.05) is 5.32 Å². The van der Waals surface area contributed by atoms with Gasteiger partial charge in [0.1, 0.15) is 11.6 Å². The third-order valence-electron chi connectivity index (χ3n) is 4.63. The molecule has 30 heavy (non-hydrogen) atoms. The van der Waals surface area contributed by atoms with Gasteiger partial charge in [0.05, 0.1) is 28.1 Å². The van der Waals surface area contributed by atoms with Crippen LogP contribution in [0.15, 0.2) is 35.1 Å². The maximum absolute atomic E-state index is 13.8. The van der Waals surface area contributed by atoms with Crippen LogP contribution in [0.2, 0.25) is 0 Å². The molecule has 1 aromatic heterocycles. The summed E-state index contributed by atoms with van der Waals surface area (Å²) in [7, 11) is 0. The number of rotatable bonds is 3. The van der Waals surface area contributed by atoms with Crippen molar-refractivity contribution in [2.45, 2.75) is 52.2 Å². The fourth-order valence-electron chi connectivity index (χ4n) is 3.42. The molecule has 3 aromatic rings. The van der Waals surface area contributed by atoms with Gasteiger partial charge in [0.25, 0.3) is 5.56 Å². The average Bonchev–Trinajstić information content (AvgIpc) is 3.01. The molecule has 0 radical (unpaired) electrons. The molecular weight excluding hydrogens is 385 g/mol. The molecule has 0 spiro atoms. The summed E-state index contributed by atoms with van der Waals surface area (Å²) in [5.41, 5.74) is 2.86. The summed E-state index contributed by atoms with van der Waals surface area (Å²) in [6, 6.07) is 8.28. The second kappa shape index (κ2) is 8.36. The first-order valence-corrected chi connectivity index (χ1v) is 9.82. The van der Waals surface area contributed by atoms with Crippen LogP contribution in [0.5, 0.6) is 0 Å². The Kier molecular flexibility index (Phi) is 6.03. The SMILES string of the molecule is CC(C)(C)O.Cc1nc2cc3c(cc2c(=O)[nH]1)C(Nc1ccc(C=O)c(F)c1)CC3. The number of H-pyrrole nitrogens is 1. The molecule has 2 aromatic carbocycles. The quantitative estimate of drug-likeness (QED) is 0.565. The van der Waals surface area contributed by atoms with E-state index in [4.69, 9.17) is 5.11 Å². The van der Waals surface area contributed by atoms with Crippen molar-refractivity contribution in [2.24, 2.45) is 0 Å². The molecule has 4 rings (SSSR count). The molecular formula is C23H26FN3O3. The van der Waals surface area contributed by atoms with Crippen molar-refractivity contribution < 1.29 is 14.3 Å². The van der Waals surface area contributed by atoms with Gasteiger partial charge in [-0.05, 0) is 82.0 Å². The van der Waals surface area contributed by atoms with E-state index in [0.29, 0.717) is 28.7 Å². The van der Waals surface area contributed by atoms with Crippen molar-refractivity contribution in [3.63, 3.8) is 0 Å². The monoisotopic (exact) mass is 411 g/mol. The van der Waals surface area contributed by atoms with Crippen molar-refractivity contribution >= 4 is 22.9 Å². The largest absolute Gasteiger partial charge is 0.391 e. The minimum absolute atomic E-state index is 0.0124. The molecule has 3 N–H and O–H groups in total. The minimum Gasteiger partial charge on any atom is -0.391 e. The number of fused-ring (bicyclic) bond motifs is 2. The van der Waals surface area contributed by atoms with E-state index >= 15 is 0 Å². The fraction of sp³-hybridized carbons (Fsp3) is 0.348. The molecule has 1 aliphatic carbocycles. The zero-order valence-corrected chi connectivity index (χ0v) is 17.5. The average molecular weight is 411 g/mol. The third-order valence-corrected chi connectivity index (χ3v) is 4.63. The molecule has 0 saturated heterocycles. The minimum atomic E-state index is -0.548. The Morgan fingerprint density at radius 2 is 1.97 bits per heavy atom. The zero-order valence-electron chi connectivity index (χ0n) is 17.5. The van der Waals surface area contributed by atoms with Crippen LogP contribution in [-0.4, -0.2) is 27.0 Å². The van der Waals surface area contributed by atoms with Gasteiger partial charge in [-0.1, -0.05) is 0 Å². The molecule has 0 fully saturated rings. The Balaban J connectivity index is 0.000000461. The van der Waals surface area contributed by atoms with Crippen LogP contribution in [0, 0.1) is 12.7 Å². The van der Waals surface area contributed by atoms with Crippen LogP contribution in [-0.2, 0) is 6.42 Å². The van der Waals surface area contributed by atoms with Crippen LogP contribution >= 0.6 is 0 Å². The number of carbonyl (C=O) groups excluding carboxylic acids is 1. The third kappa shape index (κ3) is 5.10. The molecule has 0 bridgehead atoms. The topological polar surface area (TPSA) is 95.1 Å². The number of aldehydes is 1. The van der Waals surface area contributed by atoms with Crippen molar-refractivity contribution in [3.8, 4) is 0 Å². The molecule has 7 heteroatoms. The molecule has 0 aliphatic heterocycles. The maximum Gasteiger partial charge on any atom is 0.258 e. The summed E-state index contributed by atoms with van der Waals surface area (Å²) in [6.45, 7) is 6.99. The highest BCUT2D eigenvalue weighted by molar-refractivity contribution is 5.80. The molecule has 1 heterocycles. The number of aliphatic hydroxyl groups is 1. The van der Waals surface area contributed by atoms with Crippen LogP contribution in [0.3, 0.4) is 0 Å². The van der Waals surface area contributed by atoms with Crippen LogP contribution in [0.4, 0.5) is 10.1 Å². The Labute approximate surface area is 174 Å². The van der Waals surface area contributed by atoms with E-state index in [1.165, 1.54) is 12.1 Å². The summed E-state index contributed by atoms with van der Waals surface area (Å²) in [5.74, 6) is 0.0451. The Morgan fingerprint density at radius 1 is 1.27 bits per heavy atom. The van der Waals surface area contributed by atoms with Crippen LogP contribution in [0.25, 0.3) is 10.9 Å². The van der Waals surface area contributed by atoms with E-state index in [0.717, 1.165) is 24.0 Å². The maximum atomic E-state index is 13.8. The second-order valence-corrected chi connectivity index (χ2v) is 8.48. The number of anilines is 1. The number of halogens is 1. The first-order chi connectivity index (χ1) is 14.0. The van der Waals surface area contributed by atoms with Gasteiger partial charge in [-0.15, -0.1) is 0 Å². The highest BCUT2D eigenvalue weighted by atomic mass is 19.1. The molecule has 0 saturated carbocycles. The van der Waals surface area contributed by atoms with Crippen molar-refractivity contribution in [1.82, 2.24) is 9.97 Å². The van der Waals surface area contributed by atoms with E-state index in [1.807, 2.05) is 12.1 Å². The zero-order chi connectivity index (χ0) is 22.1. The molecule has 1 atom stereocenters. The van der Waals surface area contributed by atoms with Crippen molar-refractivity contribution in [3.05, 3.63) is 69.0 Å². The van der Waals surface area contributed by atoms with Gasteiger partial charge < -0.3 is 15.4 Å². The predicted octanol–water partition coefficient (Wildman–Crippen LogP) is 4.06. The van der Waals surface area contributed by atoms with E-state index in [9.17, 15) is 14.0 Å². The van der Waals surface area contributed by atoms with E-state index < -0.39 is 11.4 Å². The molecule has 6 nitrogen and oxygen atoms in total. The van der Waals surface area contributed by atoms with Crippen LogP contribution in [0.1, 0.15) is 60.5 Å². The Bertz CT molecular complexity index is 1140. The van der Waals surface area contributed by atoms with Crippen LogP contribution < -0.4 is 10.9 Å². The second-order valence-electron chi connectivity index (χ2n) is 8.48. The highest BCUT2D eigenvalue weighted by Gasteiger charge is 2.24. The Morgan fingerprint density at radius 3 is 2.60 bits per heavy atom. The molecule has 0 amide bonds. The predicted molar refractivity (Wildman–Crippen MR) is 116 cm³/mol. The standard InChI is InChI=1S/C19H16FN3O2.C4H10O/c1-10-21-18-6-11-3-5-17(14(11)8-15(18)19(25)22-10)23-13-4-2-12(9-24)16(20)7-13;1-4(2,3)5/h2,4,6-9,17,23H,3,5H2,1H3,(H,21,22,25);5H,1-3H3. The van der Waals surface area contributed by atoms with E-state index in [1.54, 1.807) is 33.8 Å². The van der Waals surface area contributed by atoms with Gasteiger partial charge in [-0.25, -0.2) is 9.37 Å². The number of nitrogens with zero attached hydrogens (tertiary/aromatic N) is 1. The number of hydrogen-bond acceptors (Lipinski definition) is 5.